The van der Waals surface area contributed by atoms with Crippen LogP contribution in [-0.2, 0) is 17.7 Å². The number of nitrogens with one attached hydrogen (secondary N) is 1. The quantitative estimate of drug-likeness (QED) is 0.856. The second kappa shape index (κ2) is 6.74. The number of fused-ring (bicyclic) bond motifs is 1. The molecule has 1 aliphatic heterocycles. The van der Waals surface area contributed by atoms with Crippen molar-refractivity contribution in [2.75, 3.05) is 26.9 Å². The number of hydrogen-bond acceptors (Lipinski definition) is 3. The lowest BCUT2D eigenvalue weighted by molar-refractivity contribution is 0.146. The first-order chi connectivity index (χ1) is 10.4. The molecule has 3 rings (SSSR count). The Morgan fingerprint density at radius 2 is 1.86 bits per heavy atom. The van der Waals surface area contributed by atoms with Crippen LogP contribution in [0.3, 0.4) is 0 Å². The average Bonchev–Trinajstić information content (AvgIpc) is 2.55. The van der Waals surface area contributed by atoms with Gasteiger partial charge in [-0.3, -0.25) is 0 Å². The van der Waals surface area contributed by atoms with Crippen molar-refractivity contribution in [2.45, 2.75) is 13.0 Å². The number of para-hydroxylation sites is 1. The molecule has 0 fully saturated rings. The van der Waals surface area contributed by atoms with Crippen molar-refractivity contribution in [1.29, 1.82) is 0 Å². The third kappa shape index (κ3) is 3.09. The summed E-state index contributed by atoms with van der Waals surface area (Å²) in [6, 6.07) is 14.8. The summed E-state index contributed by atoms with van der Waals surface area (Å²) in [5.74, 6) is 0.925. The molecule has 0 saturated carbocycles. The largest absolute Gasteiger partial charge is 0.491 e. The van der Waals surface area contributed by atoms with Gasteiger partial charge in [0.1, 0.15) is 12.4 Å². The number of benzene rings is 2. The van der Waals surface area contributed by atoms with E-state index >= 15 is 0 Å². The highest BCUT2D eigenvalue weighted by molar-refractivity contribution is 5.74. The van der Waals surface area contributed by atoms with Crippen molar-refractivity contribution in [3.05, 3.63) is 53.6 Å². The Kier molecular flexibility index (Phi) is 4.53. The standard InChI is InChI=1S/C18H21NO2/c1-20-11-12-21-18-8-3-2-6-16(18)15-7-4-5-14-9-10-19-13-17(14)15/h2-8,19H,9-13H2,1H3. The van der Waals surface area contributed by atoms with E-state index in [0.29, 0.717) is 13.2 Å². The first kappa shape index (κ1) is 14.1. The number of ether oxygens (including phenoxy) is 2. The fourth-order valence-electron chi connectivity index (χ4n) is 2.82. The van der Waals surface area contributed by atoms with Gasteiger partial charge < -0.3 is 14.8 Å². The maximum absolute atomic E-state index is 5.88. The van der Waals surface area contributed by atoms with E-state index in [1.807, 2.05) is 12.1 Å². The summed E-state index contributed by atoms with van der Waals surface area (Å²) < 4.78 is 10.9. The third-order valence-corrected chi connectivity index (χ3v) is 3.87. The molecule has 0 aromatic heterocycles. The minimum Gasteiger partial charge on any atom is -0.491 e. The maximum atomic E-state index is 5.88. The monoisotopic (exact) mass is 283 g/mol. The van der Waals surface area contributed by atoms with E-state index in [4.69, 9.17) is 9.47 Å². The fraction of sp³-hybridized carbons (Fsp3) is 0.333. The van der Waals surface area contributed by atoms with Gasteiger partial charge >= 0.3 is 0 Å². The van der Waals surface area contributed by atoms with Crippen LogP contribution in [0.1, 0.15) is 11.1 Å². The highest BCUT2D eigenvalue weighted by Crippen LogP contribution is 2.34. The van der Waals surface area contributed by atoms with E-state index in [2.05, 4.69) is 35.6 Å². The van der Waals surface area contributed by atoms with Crippen LogP contribution >= 0.6 is 0 Å². The lowest BCUT2D eigenvalue weighted by Crippen LogP contribution is -2.24. The molecule has 0 saturated heterocycles. The van der Waals surface area contributed by atoms with Gasteiger partial charge in [0.05, 0.1) is 6.61 Å². The third-order valence-electron chi connectivity index (χ3n) is 3.87. The van der Waals surface area contributed by atoms with Crippen LogP contribution in [-0.4, -0.2) is 26.9 Å². The molecule has 0 radical (unpaired) electrons. The molecular formula is C18H21NO2. The molecule has 2 aromatic carbocycles. The SMILES string of the molecule is COCCOc1ccccc1-c1cccc2c1CNCC2. The van der Waals surface area contributed by atoms with Gasteiger partial charge in [-0.15, -0.1) is 0 Å². The van der Waals surface area contributed by atoms with E-state index in [1.54, 1.807) is 7.11 Å². The highest BCUT2D eigenvalue weighted by atomic mass is 16.5. The summed E-state index contributed by atoms with van der Waals surface area (Å²) in [5.41, 5.74) is 5.27. The van der Waals surface area contributed by atoms with Crippen LogP contribution in [0.15, 0.2) is 42.5 Å². The number of hydrogen-bond donors (Lipinski definition) is 1. The highest BCUT2D eigenvalue weighted by Gasteiger charge is 2.15. The molecule has 0 bridgehead atoms. The molecule has 3 nitrogen and oxygen atoms in total. The molecule has 0 atom stereocenters. The van der Waals surface area contributed by atoms with E-state index < -0.39 is 0 Å². The van der Waals surface area contributed by atoms with E-state index in [1.165, 1.54) is 16.7 Å². The van der Waals surface area contributed by atoms with Crippen LogP contribution in [0.25, 0.3) is 11.1 Å². The topological polar surface area (TPSA) is 30.5 Å². The Hall–Kier alpha value is -1.84. The summed E-state index contributed by atoms with van der Waals surface area (Å²) in [7, 11) is 1.69. The van der Waals surface area contributed by atoms with Gasteiger partial charge in [0.25, 0.3) is 0 Å². The van der Waals surface area contributed by atoms with Crippen molar-refractivity contribution in [1.82, 2.24) is 5.32 Å². The Morgan fingerprint density at radius 1 is 1.00 bits per heavy atom. The van der Waals surface area contributed by atoms with Crippen molar-refractivity contribution >= 4 is 0 Å². The zero-order valence-corrected chi connectivity index (χ0v) is 12.4. The second-order valence-electron chi connectivity index (χ2n) is 5.21. The van der Waals surface area contributed by atoms with Gasteiger partial charge in [-0.1, -0.05) is 36.4 Å². The van der Waals surface area contributed by atoms with E-state index in [-0.39, 0.29) is 0 Å². The Labute approximate surface area is 125 Å². The summed E-state index contributed by atoms with van der Waals surface area (Å²) >= 11 is 0. The molecule has 3 heteroatoms. The van der Waals surface area contributed by atoms with Crippen molar-refractivity contribution in [3.63, 3.8) is 0 Å². The average molecular weight is 283 g/mol. The van der Waals surface area contributed by atoms with Gasteiger partial charge in [0.15, 0.2) is 0 Å². The Morgan fingerprint density at radius 3 is 2.76 bits per heavy atom. The molecule has 110 valence electrons. The zero-order chi connectivity index (χ0) is 14.5. The summed E-state index contributed by atoms with van der Waals surface area (Å²) in [5, 5.41) is 3.46. The molecule has 1 aliphatic rings. The van der Waals surface area contributed by atoms with Crippen LogP contribution < -0.4 is 10.1 Å². The molecule has 1 N–H and O–H groups in total. The molecule has 2 aromatic rings. The molecular weight excluding hydrogens is 262 g/mol. The van der Waals surface area contributed by atoms with Crippen LogP contribution in [0.4, 0.5) is 0 Å². The van der Waals surface area contributed by atoms with Gasteiger partial charge in [-0.2, -0.15) is 0 Å². The second-order valence-corrected chi connectivity index (χ2v) is 5.21. The smallest absolute Gasteiger partial charge is 0.127 e. The number of rotatable bonds is 5. The van der Waals surface area contributed by atoms with Gasteiger partial charge in [-0.05, 0) is 35.7 Å². The molecule has 0 spiro atoms. The first-order valence-electron chi connectivity index (χ1n) is 7.43. The van der Waals surface area contributed by atoms with Crippen molar-refractivity contribution in [2.24, 2.45) is 0 Å². The minimum atomic E-state index is 0.570. The van der Waals surface area contributed by atoms with Gasteiger partial charge in [0, 0.05) is 19.2 Å². The maximum Gasteiger partial charge on any atom is 0.127 e. The predicted octanol–water partition coefficient (Wildman–Crippen LogP) is 3.02. The van der Waals surface area contributed by atoms with Crippen LogP contribution in [0.5, 0.6) is 5.75 Å². The van der Waals surface area contributed by atoms with Crippen LogP contribution in [0, 0.1) is 0 Å². The Bertz CT molecular complexity index is 610. The molecule has 0 unspecified atom stereocenters. The predicted molar refractivity (Wildman–Crippen MR) is 84.7 cm³/mol. The van der Waals surface area contributed by atoms with Crippen LogP contribution in [0.2, 0.25) is 0 Å². The lowest BCUT2D eigenvalue weighted by Gasteiger charge is -2.21. The Balaban J connectivity index is 1.97. The van der Waals surface area contributed by atoms with E-state index in [9.17, 15) is 0 Å². The van der Waals surface area contributed by atoms with Gasteiger partial charge in [0.2, 0.25) is 0 Å². The number of methoxy groups -OCH3 is 1. The van der Waals surface area contributed by atoms with Crippen molar-refractivity contribution < 1.29 is 9.47 Å². The molecule has 21 heavy (non-hydrogen) atoms. The summed E-state index contributed by atoms with van der Waals surface area (Å²) in [4.78, 5) is 0. The van der Waals surface area contributed by atoms with Crippen molar-refractivity contribution in [3.8, 4) is 16.9 Å². The normalized spacial score (nSPS) is 13.8. The molecule has 0 aliphatic carbocycles. The summed E-state index contributed by atoms with van der Waals surface area (Å²) in [6.45, 7) is 3.16. The fourth-order valence-corrected chi connectivity index (χ4v) is 2.82. The van der Waals surface area contributed by atoms with Gasteiger partial charge in [-0.25, -0.2) is 0 Å². The zero-order valence-electron chi connectivity index (χ0n) is 12.4. The van der Waals surface area contributed by atoms with E-state index in [0.717, 1.165) is 30.8 Å². The lowest BCUT2D eigenvalue weighted by atomic mass is 9.91. The summed E-state index contributed by atoms with van der Waals surface area (Å²) in [6.07, 6.45) is 1.09. The molecule has 1 heterocycles. The minimum absolute atomic E-state index is 0.570. The molecule has 0 amide bonds. The first-order valence-corrected chi connectivity index (χ1v) is 7.43.